The van der Waals surface area contributed by atoms with Crippen molar-refractivity contribution in [1.82, 2.24) is 10.2 Å². The summed E-state index contributed by atoms with van der Waals surface area (Å²) in [7, 11) is 2.27. The van der Waals surface area contributed by atoms with Gasteiger partial charge in [0.2, 0.25) is 0 Å². The number of piperidine rings is 1. The first-order valence-electron chi connectivity index (χ1n) is 7.03. The fourth-order valence-electron chi connectivity index (χ4n) is 2.61. The van der Waals surface area contributed by atoms with Gasteiger partial charge in [-0.3, -0.25) is 0 Å². The standard InChI is InChI=1S/C14H30N2/c1-12(2)11-13(3)16(4)10-8-14-7-5-6-9-15-14/h12-15H,5-11H2,1-4H3. The van der Waals surface area contributed by atoms with Crippen LogP contribution in [0.15, 0.2) is 0 Å². The van der Waals surface area contributed by atoms with Crippen molar-refractivity contribution in [2.45, 2.75) is 65.0 Å². The van der Waals surface area contributed by atoms with Gasteiger partial charge < -0.3 is 10.2 Å². The van der Waals surface area contributed by atoms with E-state index in [1.54, 1.807) is 0 Å². The van der Waals surface area contributed by atoms with Gasteiger partial charge in [0.15, 0.2) is 0 Å². The topological polar surface area (TPSA) is 15.3 Å². The van der Waals surface area contributed by atoms with Crippen LogP contribution in [-0.4, -0.2) is 37.1 Å². The molecule has 16 heavy (non-hydrogen) atoms. The zero-order chi connectivity index (χ0) is 12.0. The fourth-order valence-corrected chi connectivity index (χ4v) is 2.61. The van der Waals surface area contributed by atoms with Crippen molar-refractivity contribution < 1.29 is 0 Å². The Bertz CT molecular complexity index is 174. The highest BCUT2D eigenvalue weighted by molar-refractivity contribution is 4.74. The Hall–Kier alpha value is -0.0800. The predicted molar refractivity (Wildman–Crippen MR) is 71.8 cm³/mol. The van der Waals surface area contributed by atoms with Gasteiger partial charge in [0.1, 0.15) is 0 Å². The predicted octanol–water partition coefficient (Wildman–Crippen LogP) is 2.89. The number of nitrogens with one attached hydrogen (secondary N) is 1. The maximum Gasteiger partial charge on any atom is 0.00792 e. The average molecular weight is 226 g/mol. The normalized spacial score (nSPS) is 24.0. The summed E-state index contributed by atoms with van der Waals surface area (Å²) in [6, 6.07) is 1.51. The zero-order valence-corrected chi connectivity index (χ0v) is 11.6. The third kappa shape index (κ3) is 5.31. The van der Waals surface area contributed by atoms with E-state index in [0.29, 0.717) is 0 Å². The molecule has 0 saturated carbocycles. The molecule has 0 spiro atoms. The first kappa shape index (κ1) is 14.0. The third-order valence-corrected chi connectivity index (χ3v) is 3.81. The summed E-state index contributed by atoms with van der Waals surface area (Å²) in [6.45, 7) is 9.45. The highest BCUT2D eigenvalue weighted by Crippen LogP contribution is 2.13. The van der Waals surface area contributed by atoms with Gasteiger partial charge in [0.05, 0.1) is 0 Å². The van der Waals surface area contributed by atoms with Crippen LogP contribution in [0.3, 0.4) is 0 Å². The van der Waals surface area contributed by atoms with Crippen LogP contribution in [0.4, 0.5) is 0 Å². The molecule has 2 nitrogen and oxygen atoms in total. The quantitative estimate of drug-likeness (QED) is 0.749. The fraction of sp³-hybridized carbons (Fsp3) is 1.00. The Morgan fingerprint density at radius 1 is 1.25 bits per heavy atom. The van der Waals surface area contributed by atoms with Crippen LogP contribution in [0.25, 0.3) is 0 Å². The molecule has 1 saturated heterocycles. The minimum Gasteiger partial charge on any atom is -0.314 e. The van der Waals surface area contributed by atoms with Gasteiger partial charge in [-0.25, -0.2) is 0 Å². The molecule has 0 aromatic rings. The number of hydrogen-bond acceptors (Lipinski definition) is 2. The molecule has 0 aromatic heterocycles. The van der Waals surface area contributed by atoms with E-state index in [2.05, 4.69) is 38.0 Å². The van der Waals surface area contributed by atoms with Crippen LogP contribution in [0, 0.1) is 5.92 Å². The van der Waals surface area contributed by atoms with E-state index >= 15 is 0 Å². The molecular weight excluding hydrogens is 196 g/mol. The summed E-state index contributed by atoms with van der Waals surface area (Å²) < 4.78 is 0. The molecule has 0 bridgehead atoms. The van der Waals surface area contributed by atoms with E-state index < -0.39 is 0 Å². The number of hydrogen-bond donors (Lipinski definition) is 1. The molecule has 1 N–H and O–H groups in total. The van der Waals surface area contributed by atoms with E-state index in [4.69, 9.17) is 0 Å². The summed E-state index contributed by atoms with van der Waals surface area (Å²) in [5.41, 5.74) is 0. The summed E-state index contributed by atoms with van der Waals surface area (Å²) in [6.07, 6.45) is 6.80. The molecular formula is C14H30N2. The maximum absolute atomic E-state index is 3.63. The van der Waals surface area contributed by atoms with Gasteiger partial charge in [-0.15, -0.1) is 0 Å². The molecule has 1 rings (SSSR count). The molecule has 1 aliphatic heterocycles. The molecule has 1 heterocycles. The van der Waals surface area contributed by atoms with E-state index in [1.807, 2.05) is 0 Å². The zero-order valence-electron chi connectivity index (χ0n) is 11.6. The molecule has 2 heteroatoms. The molecule has 0 aliphatic carbocycles. The number of nitrogens with zero attached hydrogens (tertiary/aromatic N) is 1. The van der Waals surface area contributed by atoms with Gasteiger partial charge in [-0.1, -0.05) is 20.3 Å². The Morgan fingerprint density at radius 2 is 2.00 bits per heavy atom. The first-order valence-corrected chi connectivity index (χ1v) is 7.03. The summed E-state index contributed by atoms with van der Waals surface area (Å²) >= 11 is 0. The molecule has 1 aliphatic rings. The third-order valence-electron chi connectivity index (χ3n) is 3.81. The van der Waals surface area contributed by atoms with Gasteiger partial charge in [-0.2, -0.15) is 0 Å². The summed E-state index contributed by atoms with van der Waals surface area (Å²) in [5.74, 6) is 0.810. The SMILES string of the molecule is CC(C)CC(C)N(C)CCC1CCCCN1. The Kier molecular flexibility index (Phi) is 6.37. The van der Waals surface area contributed by atoms with Crippen molar-refractivity contribution in [3.63, 3.8) is 0 Å². The van der Waals surface area contributed by atoms with Gasteiger partial charge in [0.25, 0.3) is 0 Å². The monoisotopic (exact) mass is 226 g/mol. The Labute approximate surface area is 102 Å². The van der Waals surface area contributed by atoms with E-state index in [0.717, 1.165) is 18.0 Å². The minimum atomic E-state index is 0.726. The molecule has 2 atom stereocenters. The van der Waals surface area contributed by atoms with Crippen molar-refractivity contribution in [3.05, 3.63) is 0 Å². The van der Waals surface area contributed by atoms with Crippen molar-refractivity contribution in [2.75, 3.05) is 20.1 Å². The Balaban J connectivity index is 2.15. The summed E-state index contributed by atoms with van der Waals surface area (Å²) in [4.78, 5) is 2.52. The second-order valence-corrected chi connectivity index (χ2v) is 5.89. The van der Waals surface area contributed by atoms with Crippen LogP contribution in [0.5, 0.6) is 0 Å². The maximum atomic E-state index is 3.63. The second-order valence-electron chi connectivity index (χ2n) is 5.89. The van der Waals surface area contributed by atoms with Crippen LogP contribution in [-0.2, 0) is 0 Å². The van der Waals surface area contributed by atoms with Gasteiger partial charge >= 0.3 is 0 Å². The van der Waals surface area contributed by atoms with Gasteiger partial charge in [0, 0.05) is 12.1 Å². The van der Waals surface area contributed by atoms with Crippen molar-refractivity contribution in [3.8, 4) is 0 Å². The smallest absolute Gasteiger partial charge is 0.00792 e. The second kappa shape index (κ2) is 7.29. The average Bonchev–Trinajstić information content (AvgIpc) is 2.26. The lowest BCUT2D eigenvalue weighted by Crippen LogP contribution is -2.39. The highest BCUT2D eigenvalue weighted by Gasteiger charge is 2.15. The van der Waals surface area contributed by atoms with Crippen LogP contribution in [0.2, 0.25) is 0 Å². The molecule has 96 valence electrons. The van der Waals surface area contributed by atoms with Crippen molar-refractivity contribution in [2.24, 2.45) is 5.92 Å². The van der Waals surface area contributed by atoms with E-state index in [-0.39, 0.29) is 0 Å². The lowest BCUT2D eigenvalue weighted by molar-refractivity contribution is 0.211. The van der Waals surface area contributed by atoms with Crippen LogP contribution < -0.4 is 5.32 Å². The van der Waals surface area contributed by atoms with Crippen LogP contribution >= 0.6 is 0 Å². The van der Waals surface area contributed by atoms with Crippen LogP contribution in [0.1, 0.15) is 52.9 Å². The number of rotatable bonds is 6. The van der Waals surface area contributed by atoms with E-state index in [9.17, 15) is 0 Å². The molecule has 0 aromatic carbocycles. The van der Waals surface area contributed by atoms with E-state index in [1.165, 1.54) is 45.2 Å². The highest BCUT2D eigenvalue weighted by atomic mass is 15.1. The Morgan fingerprint density at radius 3 is 2.56 bits per heavy atom. The van der Waals surface area contributed by atoms with Crippen molar-refractivity contribution >= 4 is 0 Å². The summed E-state index contributed by atoms with van der Waals surface area (Å²) in [5, 5.41) is 3.63. The molecule has 0 amide bonds. The molecule has 1 fully saturated rings. The van der Waals surface area contributed by atoms with Gasteiger partial charge in [-0.05, 0) is 58.7 Å². The van der Waals surface area contributed by atoms with Crippen molar-refractivity contribution in [1.29, 1.82) is 0 Å². The minimum absolute atomic E-state index is 0.726. The molecule has 0 radical (unpaired) electrons. The first-order chi connectivity index (χ1) is 7.59. The molecule has 2 unspecified atom stereocenters. The largest absolute Gasteiger partial charge is 0.314 e. The lowest BCUT2D eigenvalue weighted by Gasteiger charge is -2.29. The lowest BCUT2D eigenvalue weighted by atomic mass is 10.0.